The van der Waals surface area contributed by atoms with Gasteiger partial charge in [0.1, 0.15) is 16.7 Å². The first-order valence-electron chi connectivity index (χ1n) is 5.84. The second-order valence-corrected chi connectivity index (χ2v) is 4.58. The summed E-state index contributed by atoms with van der Waals surface area (Å²) in [5, 5.41) is 0.602. The molecule has 0 spiro atoms. The lowest BCUT2D eigenvalue weighted by atomic mass is 10.2. The zero-order valence-electron chi connectivity index (χ0n) is 9.97. The molecule has 2 nitrogen and oxygen atoms in total. The molecule has 0 aliphatic heterocycles. The van der Waals surface area contributed by atoms with Gasteiger partial charge in [-0.15, -0.1) is 12.6 Å². The molecule has 1 aromatic heterocycles. The van der Waals surface area contributed by atoms with E-state index in [1.807, 2.05) is 36.4 Å². The highest BCUT2D eigenvalue weighted by molar-refractivity contribution is 7.80. The molecule has 0 aliphatic rings. The summed E-state index contributed by atoms with van der Waals surface area (Å²) in [5.74, 6) is 0.333. The fourth-order valence-electron chi connectivity index (χ4n) is 1.94. The average molecular weight is 270 g/mol. The molecule has 19 heavy (non-hydrogen) atoms. The molecule has 0 saturated carbocycles. The first-order chi connectivity index (χ1) is 9.24. The van der Waals surface area contributed by atoms with Crippen molar-refractivity contribution in [2.45, 2.75) is 5.03 Å². The summed E-state index contributed by atoms with van der Waals surface area (Å²) in [5.41, 5.74) is 2.54. The fraction of sp³-hybridized carbons (Fsp3) is 0. The highest BCUT2D eigenvalue weighted by atomic mass is 32.1. The summed E-state index contributed by atoms with van der Waals surface area (Å²) in [4.78, 5) is 7.53. The Kier molecular flexibility index (Phi) is 3.09. The number of H-pyrrole nitrogens is 1. The lowest BCUT2D eigenvalue weighted by Crippen LogP contribution is -1.82. The van der Waals surface area contributed by atoms with Crippen molar-refractivity contribution < 1.29 is 4.39 Å². The van der Waals surface area contributed by atoms with Crippen LogP contribution < -0.4 is 0 Å². The standard InChI is InChI=1S/C15H11FN2S/c16-12-8-4-7-11(9-12)14-17-13(15(19)18-14)10-5-2-1-3-6-10/h1-9,19H,(H,17,18). The number of hydrogen-bond acceptors (Lipinski definition) is 2. The van der Waals surface area contributed by atoms with Crippen LogP contribution in [0.5, 0.6) is 0 Å². The molecule has 0 unspecified atom stereocenters. The summed E-state index contributed by atoms with van der Waals surface area (Å²) < 4.78 is 13.2. The summed E-state index contributed by atoms with van der Waals surface area (Å²) in [6.07, 6.45) is 0. The van der Waals surface area contributed by atoms with Crippen LogP contribution in [0.25, 0.3) is 22.6 Å². The van der Waals surface area contributed by atoms with Crippen LogP contribution in [0.3, 0.4) is 0 Å². The Morgan fingerprint density at radius 3 is 2.42 bits per heavy atom. The molecular weight excluding hydrogens is 259 g/mol. The number of aromatic amines is 1. The van der Waals surface area contributed by atoms with E-state index in [9.17, 15) is 4.39 Å². The van der Waals surface area contributed by atoms with Crippen molar-refractivity contribution >= 4 is 12.6 Å². The Bertz CT molecular complexity index is 707. The van der Waals surface area contributed by atoms with Gasteiger partial charge in [0.2, 0.25) is 0 Å². The van der Waals surface area contributed by atoms with Crippen molar-refractivity contribution in [2.75, 3.05) is 0 Å². The van der Waals surface area contributed by atoms with Crippen molar-refractivity contribution in [3.8, 4) is 22.6 Å². The van der Waals surface area contributed by atoms with Crippen molar-refractivity contribution in [2.24, 2.45) is 0 Å². The molecule has 0 atom stereocenters. The van der Waals surface area contributed by atoms with Crippen LogP contribution in [0.2, 0.25) is 0 Å². The summed E-state index contributed by atoms with van der Waals surface area (Å²) in [6.45, 7) is 0. The monoisotopic (exact) mass is 270 g/mol. The molecule has 94 valence electrons. The lowest BCUT2D eigenvalue weighted by molar-refractivity contribution is 0.628. The van der Waals surface area contributed by atoms with Crippen LogP contribution in [0.1, 0.15) is 0 Å². The van der Waals surface area contributed by atoms with E-state index in [1.54, 1.807) is 6.07 Å². The highest BCUT2D eigenvalue weighted by Crippen LogP contribution is 2.28. The third-order valence-electron chi connectivity index (χ3n) is 2.85. The van der Waals surface area contributed by atoms with Crippen LogP contribution in [0.4, 0.5) is 4.39 Å². The van der Waals surface area contributed by atoms with Gasteiger partial charge in [0.15, 0.2) is 0 Å². The zero-order chi connectivity index (χ0) is 13.2. The molecule has 0 amide bonds. The van der Waals surface area contributed by atoms with E-state index in [0.717, 1.165) is 11.3 Å². The number of benzene rings is 2. The average Bonchev–Trinajstić information content (AvgIpc) is 2.82. The predicted octanol–water partition coefficient (Wildman–Crippen LogP) is 4.17. The van der Waals surface area contributed by atoms with Gasteiger partial charge in [-0.3, -0.25) is 0 Å². The molecule has 2 aromatic carbocycles. The minimum atomic E-state index is -0.282. The largest absolute Gasteiger partial charge is 0.337 e. The quantitative estimate of drug-likeness (QED) is 0.672. The third-order valence-corrected chi connectivity index (χ3v) is 3.17. The Morgan fingerprint density at radius 1 is 0.947 bits per heavy atom. The van der Waals surface area contributed by atoms with Gasteiger partial charge in [0.05, 0.1) is 5.69 Å². The number of halogens is 1. The summed E-state index contributed by atoms with van der Waals surface area (Å²) in [6, 6.07) is 16.1. The zero-order valence-corrected chi connectivity index (χ0v) is 10.9. The lowest BCUT2D eigenvalue weighted by Gasteiger charge is -1.98. The van der Waals surface area contributed by atoms with Crippen LogP contribution >= 0.6 is 12.6 Å². The van der Waals surface area contributed by atoms with Crippen molar-refractivity contribution in [1.29, 1.82) is 0 Å². The number of nitrogens with zero attached hydrogens (tertiary/aromatic N) is 1. The van der Waals surface area contributed by atoms with Crippen LogP contribution in [0.15, 0.2) is 59.6 Å². The van der Waals surface area contributed by atoms with Crippen LogP contribution in [-0.4, -0.2) is 9.97 Å². The number of rotatable bonds is 2. The van der Waals surface area contributed by atoms with E-state index in [2.05, 4.69) is 22.6 Å². The van der Waals surface area contributed by atoms with Gasteiger partial charge in [-0.1, -0.05) is 42.5 Å². The summed E-state index contributed by atoms with van der Waals surface area (Å²) in [7, 11) is 0. The van der Waals surface area contributed by atoms with Crippen LogP contribution in [0, 0.1) is 5.82 Å². The van der Waals surface area contributed by atoms with E-state index in [0.29, 0.717) is 16.4 Å². The van der Waals surface area contributed by atoms with Gasteiger partial charge in [-0.05, 0) is 12.1 Å². The normalized spacial score (nSPS) is 10.6. The molecule has 3 aromatic rings. The molecule has 0 aliphatic carbocycles. The second-order valence-electron chi connectivity index (χ2n) is 4.16. The van der Waals surface area contributed by atoms with Crippen molar-refractivity contribution in [1.82, 2.24) is 9.97 Å². The number of thiol groups is 1. The Labute approximate surface area is 115 Å². The first-order valence-corrected chi connectivity index (χ1v) is 6.29. The van der Waals surface area contributed by atoms with E-state index >= 15 is 0 Å². The minimum absolute atomic E-state index is 0.282. The van der Waals surface area contributed by atoms with E-state index in [1.165, 1.54) is 12.1 Å². The van der Waals surface area contributed by atoms with Gasteiger partial charge in [0, 0.05) is 11.1 Å². The van der Waals surface area contributed by atoms with Gasteiger partial charge >= 0.3 is 0 Å². The maximum absolute atomic E-state index is 13.2. The van der Waals surface area contributed by atoms with E-state index in [4.69, 9.17) is 0 Å². The molecule has 1 N–H and O–H groups in total. The Balaban J connectivity index is 2.07. The van der Waals surface area contributed by atoms with Crippen molar-refractivity contribution in [3.05, 3.63) is 60.4 Å². The molecule has 0 bridgehead atoms. The maximum Gasteiger partial charge on any atom is 0.139 e. The number of imidazole rings is 1. The van der Waals surface area contributed by atoms with Crippen molar-refractivity contribution in [3.63, 3.8) is 0 Å². The number of nitrogens with one attached hydrogen (secondary N) is 1. The van der Waals surface area contributed by atoms with Gasteiger partial charge in [-0.2, -0.15) is 0 Å². The predicted molar refractivity (Wildman–Crippen MR) is 76.7 cm³/mol. The van der Waals surface area contributed by atoms with Gasteiger partial charge in [0.25, 0.3) is 0 Å². The SMILES string of the molecule is Fc1cccc(-c2nc(S)c(-c3ccccc3)[nH]2)c1. The molecule has 1 heterocycles. The smallest absolute Gasteiger partial charge is 0.139 e. The Hall–Kier alpha value is -2.07. The molecule has 0 saturated heterocycles. The molecule has 0 radical (unpaired) electrons. The second kappa shape index (κ2) is 4.90. The summed E-state index contributed by atoms with van der Waals surface area (Å²) >= 11 is 4.37. The minimum Gasteiger partial charge on any atom is -0.337 e. The van der Waals surface area contributed by atoms with Crippen LogP contribution in [-0.2, 0) is 0 Å². The maximum atomic E-state index is 13.2. The third kappa shape index (κ3) is 2.39. The number of aromatic nitrogens is 2. The molecule has 4 heteroatoms. The highest BCUT2D eigenvalue weighted by Gasteiger charge is 2.10. The number of hydrogen-bond donors (Lipinski definition) is 2. The molecule has 0 fully saturated rings. The molecule has 3 rings (SSSR count). The van der Waals surface area contributed by atoms with Gasteiger partial charge in [-0.25, -0.2) is 9.37 Å². The first kappa shape index (κ1) is 12.0. The molecular formula is C15H11FN2S. The van der Waals surface area contributed by atoms with E-state index < -0.39 is 0 Å². The van der Waals surface area contributed by atoms with Gasteiger partial charge < -0.3 is 4.98 Å². The Morgan fingerprint density at radius 2 is 1.68 bits per heavy atom. The van der Waals surface area contributed by atoms with E-state index in [-0.39, 0.29) is 5.82 Å². The topological polar surface area (TPSA) is 28.7 Å². The fourth-order valence-corrected chi connectivity index (χ4v) is 2.23.